The summed E-state index contributed by atoms with van der Waals surface area (Å²) in [7, 11) is 1.25. The number of methoxy groups -OCH3 is 1. The Morgan fingerprint density at radius 2 is 1.90 bits per heavy atom. The van der Waals surface area contributed by atoms with Gasteiger partial charge in [0.25, 0.3) is 5.69 Å². The van der Waals surface area contributed by atoms with E-state index >= 15 is 0 Å². The number of non-ortho nitro benzene ring substituents is 1. The van der Waals surface area contributed by atoms with E-state index in [1.807, 2.05) is 18.9 Å². The maximum absolute atomic E-state index is 13.0. The Kier molecular flexibility index (Phi) is 8.92. The molecule has 1 aromatic carbocycles. The summed E-state index contributed by atoms with van der Waals surface area (Å²) >= 11 is 0. The third-order valence-electron chi connectivity index (χ3n) is 5.93. The van der Waals surface area contributed by atoms with Crippen LogP contribution in [-0.4, -0.2) is 85.6 Å². The zero-order valence-corrected chi connectivity index (χ0v) is 19.5. The van der Waals surface area contributed by atoms with E-state index < -0.39 is 33.4 Å². The van der Waals surface area contributed by atoms with Gasteiger partial charge in [-0.1, -0.05) is 0 Å². The third-order valence-corrected chi connectivity index (χ3v) is 7.84. The van der Waals surface area contributed by atoms with Crippen LogP contribution in [0.3, 0.4) is 0 Å². The van der Waals surface area contributed by atoms with Gasteiger partial charge in [-0.25, -0.2) is 8.42 Å². The average Bonchev–Trinajstić information content (AvgIpc) is 2.71. The maximum atomic E-state index is 13.0. The summed E-state index contributed by atoms with van der Waals surface area (Å²) in [6.45, 7) is 3.95. The SMILES string of the molecule is CO[C@H](c1ccc([N+](=O)[O-])cc1)[C@@H](C)N(C)S(=O)(=O)CCN(C)[C@H]1C[C@@H](C)O[C@@H](O)C1. The number of nitro groups is 1. The fraction of sp³-hybridized carbons (Fsp3) is 0.700. The van der Waals surface area contributed by atoms with Gasteiger partial charge in [-0.15, -0.1) is 0 Å². The number of rotatable bonds is 10. The molecule has 10 nitrogen and oxygen atoms in total. The predicted molar refractivity (Wildman–Crippen MR) is 116 cm³/mol. The minimum Gasteiger partial charge on any atom is -0.375 e. The van der Waals surface area contributed by atoms with Gasteiger partial charge in [-0.2, -0.15) is 4.31 Å². The van der Waals surface area contributed by atoms with E-state index in [1.54, 1.807) is 19.1 Å². The van der Waals surface area contributed by atoms with Crippen molar-refractivity contribution in [3.63, 3.8) is 0 Å². The molecule has 2 rings (SSSR count). The number of sulfonamides is 1. The summed E-state index contributed by atoms with van der Waals surface area (Å²) in [6.07, 6.45) is -0.325. The van der Waals surface area contributed by atoms with Crippen molar-refractivity contribution in [2.24, 2.45) is 0 Å². The van der Waals surface area contributed by atoms with Gasteiger partial charge >= 0.3 is 0 Å². The molecule has 0 aromatic heterocycles. The van der Waals surface area contributed by atoms with Gasteiger partial charge in [-0.3, -0.25) is 10.1 Å². The van der Waals surface area contributed by atoms with Crippen LogP contribution in [0.15, 0.2) is 24.3 Å². The summed E-state index contributed by atoms with van der Waals surface area (Å²) in [5.41, 5.74) is 0.618. The summed E-state index contributed by atoms with van der Waals surface area (Å²) in [4.78, 5) is 12.3. The van der Waals surface area contributed by atoms with Crippen LogP contribution in [0, 0.1) is 10.1 Å². The zero-order valence-electron chi connectivity index (χ0n) is 18.7. The normalized spacial score (nSPS) is 24.3. The molecule has 0 amide bonds. The van der Waals surface area contributed by atoms with Crippen molar-refractivity contribution >= 4 is 15.7 Å². The lowest BCUT2D eigenvalue weighted by molar-refractivity contribution is -0.384. The van der Waals surface area contributed by atoms with E-state index in [1.165, 1.54) is 30.6 Å². The smallest absolute Gasteiger partial charge is 0.269 e. The van der Waals surface area contributed by atoms with E-state index in [4.69, 9.17) is 9.47 Å². The van der Waals surface area contributed by atoms with E-state index in [-0.39, 0.29) is 23.6 Å². The first kappa shape index (κ1) is 25.6. The van der Waals surface area contributed by atoms with E-state index in [0.29, 0.717) is 18.5 Å². The van der Waals surface area contributed by atoms with Crippen molar-refractivity contribution < 1.29 is 27.9 Å². The summed E-state index contributed by atoms with van der Waals surface area (Å²) < 4.78 is 38.1. The molecule has 5 atom stereocenters. The molecular formula is C20H33N3O7S. The van der Waals surface area contributed by atoms with E-state index in [9.17, 15) is 23.6 Å². The second kappa shape index (κ2) is 10.8. The van der Waals surface area contributed by atoms with Gasteiger partial charge in [0.15, 0.2) is 6.29 Å². The first-order valence-electron chi connectivity index (χ1n) is 10.2. The van der Waals surface area contributed by atoms with Crippen molar-refractivity contribution in [2.45, 2.75) is 57.3 Å². The summed E-state index contributed by atoms with van der Waals surface area (Å²) in [5, 5.41) is 20.7. The van der Waals surface area contributed by atoms with Crippen molar-refractivity contribution in [1.29, 1.82) is 0 Å². The number of nitro benzene ring substituents is 1. The molecule has 0 radical (unpaired) electrons. The van der Waals surface area contributed by atoms with E-state index in [0.717, 1.165) is 6.42 Å². The van der Waals surface area contributed by atoms with Crippen molar-refractivity contribution in [1.82, 2.24) is 9.21 Å². The predicted octanol–water partition coefficient (Wildman–Crippen LogP) is 1.75. The number of hydrogen-bond acceptors (Lipinski definition) is 8. The average molecular weight is 460 g/mol. The lowest BCUT2D eigenvalue weighted by Gasteiger charge is -2.37. The summed E-state index contributed by atoms with van der Waals surface area (Å²) in [5.74, 6) is -0.0805. The molecule has 31 heavy (non-hydrogen) atoms. The van der Waals surface area contributed by atoms with Crippen LogP contribution in [0.2, 0.25) is 0 Å². The van der Waals surface area contributed by atoms with Crippen LogP contribution in [0.1, 0.15) is 38.4 Å². The van der Waals surface area contributed by atoms with E-state index in [2.05, 4.69) is 0 Å². The van der Waals surface area contributed by atoms with Gasteiger partial charge in [0.1, 0.15) is 0 Å². The molecule has 0 aliphatic carbocycles. The van der Waals surface area contributed by atoms with Crippen LogP contribution in [0.25, 0.3) is 0 Å². The minimum atomic E-state index is -3.60. The highest BCUT2D eigenvalue weighted by molar-refractivity contribution is 7.89. The number of aliphatic hydroxyl groups is 1. The Morgan fingerprint density at radius 3 is 2.42 bits per heavy atom. The number of likely N-dealkylation sites (N-methyl/N-ethyl adjacent to an activating group) is 1. The molecular weight excluding hydrogens is 426 g/mol. The molecule has 176 valence electrons. The van der Waals surface area contributed by atoms with Crippen LogP contribution in [0.4, 0.5) is 5.69 Å². The monoisotopic (exact) mass is 459 g/mol. The fourth-order valence-corrected chi connectivity index (χ4v) is 5.30. The van der Waals surface area contributed by atoms with Gasteiger partial charge < -0.3 is 19.5 Å². The molecule has 1 heterocycles. The van der Waals surface area contributed by atoms with Crippen LogP contribution >= 0.6 is 0 Å². The molecule has 1 fully saturated rings. The van der Waals surface area contributed by atoms with Gasteiger partial charge in [0.2, 0.25) is 10.0 Å². The molecule has 1 N–H and O–H groups in total. The first-order chi connectivity index (χ1) is 14.5. The van der Waals surface area contributed by atoms with Crippen LogP contribution in [-0.2, 0) is 19.5 Å². The number of benzene rings is 1. The minimum absolute atomic E-state index is 0.0391. The molecule has 1 aliphatic rings. The Bertz CT molecular complexity index is 824. The van der Waals surface area contributed by atoms with Crippen molar-refractivity contribution in [3.8, 4) is 0 Å². The molecule has 0 saturated carbocycles. The second-order valence-electron chi connectivity index (χ2n) is 8.08. The quantitative estimate of drug-likeness (QED) is 0.415. The topological polar surface area (TPSA) is 122 Å². The maximum Gasteiger partial charge on any atom is 0.269 e. The highest BCUT2D eigenvalue weighted by Gasteiger charge is 2.32. The van der Waals surface area contributed by atoms with Crippen molar-refractivity contribution in [3.05, 3.63) is 39.9 Å². The van der Waals surface area contributed by atoms with Gasteiger partial charge in [0, 0.05) is 45.3 Å². The first-order valence-corrected chi connectivity index (χ1v) is 11.8. The Morgan fingerprint density at radius 1 is 1.29 bits per heavy atom. The summed E-state index contributed by atoms with van der Waals surface area (Å²) in [6, 6.07) is 5.43. The molecule has 1 saturated heterocycles. The largest absolute Gasteiger partial charge is 0.375 e. The molecule has 1 aromatic rings. The standard InChI is InChI=1S/C20H33N3O7S/c1-14-12-18(13-19(24)30-14)21(3)10-11-31(27,28)22(4)15(2)20(29-5)16-6-8-17(9-7-16)23(25)26/h6-9,14-15,18-20,24H,10-13H2,1-5H3/t14-,15-,18+,19-,20+/m1/s1. The molecule has 0 unspecified atom stereocenters. The zero-order chi connectivity index (χ0) is 23.3. The Labute approximate surface area is 183 Å². The Hall–Kier alpha value is -1.63. The highest BCUT2D eigenvalue weighted by Crippen LogP contribution is 2.27. The van der Waals surface area contributed by atoms with Crippen LogP contribution < -0.4 is 0 Å². The third kappa shape index (κ3) is 6.67. The van der Waals surface area contributed by atoms with Gasteiger partial charge in [-0.05, 0) is 45.0 Å². The number of ether oxygens (including phenoxy) is 2. The molecule has 11 heteroatoms. The number of nitrogens with zero attached hydrogens (tertiary/aromatic N) is 3. The van der Waals surface area contributed by atoms with Gasteiger partial charge in [0.05, 0.1) is 28.9 Å². The molecule has 0 spiro atoms. The Balaban J connectivity index is 2.03. The van der Waals surface area contributed by atoms with Crippen LogP contribution in [0.5, 0.6) is 0 Å². The number of hydrogen-bond donors (Lipinski definition) is 1. The second-order valence-corrected chi connectivity index (χ2v) is 10.2. The fourth-order valence-electron chi connectivity index (χ4n) is 3.88. The highest BCUT2D eigenvalue weighted by atomic mass is 32.2. The molecule has 1 aliphatic heterocycles. The lowest BCUT2D eigenvalue weighted by atomic mass is 10.0. The molecule has 0 bridgehead atoms. The van der Waals surface area contributed by atoms with Crippen molar-refractivity contribution in [2.75, 3.05) is 33.5 Å². The lowest BCUT2D eigenvalue weighted by Crippen LogP contribution is -2.46. The number of aliphatic hydroxyl groups excluding tert-OH is 1.